The van der Waals surface area contributed by atoms with Gasteiger partial charge in [-0.3, -0.25) is 4.79 Å². The van der Waals surface area contributed by atoms with Crippen LogP contribution in [0.2, 0.25) is 0 Å². The van der Waals surface area contributed by atoms with Gasteiger partial charge in [-0.05, 0) is 60.0 Å². The van der Waals surface area contributed by atoms with Crippen LogP contribution < -0.4 is 5.32 Å². The van der Waals surface area contributed by atoms with E-state index in [0.29, 0.717) is 22.7 Å². The van der Waals surface area contributed by atoms with Crippen molar-refractivity contribution in [1.29, 1.82) is 0 Å². The number of halogens is 2. The first-order valence-electron chi connectivity index (χ1n) is 11.7. The molecule has 1 aliphatic rings. The summed E-state index contributed by atoms with van der Waals surface area (Å²) in [6.07, 6.45) is 0.990. The number of aromatic hydroxyl groups is 2. The first-order valence-corrected chi connectivity index (χ1v) is 11.7. The molecule has 0 spiro atoms. The molecule has 0 saturated carbocycles. The maximum atomic E-state index is 12.9. The van der Waals surface area contributed by atoms with Gasteiger partial charge in [0.25, 0.3) is 5.91 Å². The summed E-state index contributed by atoms with van der Waals surface area (Å²) in [5.41, 5.74) is 2.47. The van der Waals surface area contributed by atoms with Crippen LogP contribution in [-0.2, 0) is 5.41 Å². The molecule has 1 aromatic heterocycles. The standard InChI is InChI=1S/C26H34N4O3.2ClH/c1-16(2)23(29-25(33)24-27-21-9-8-20(32)13-22(21)28-24)15-30-11-10-26(4,17(3)14-30)18-6-5-7-19(31)12-18;;/h5-9,12-13,16-17,23,31-32H,10-11,14-15H2,1-4H3,(H,27,28)(H,29,33);2*1H/t17-,23+,26+;;/m0../s1. The molecule has 1 fully saturated rings. The van der Waals surface area contributed by atoms with Crippen molar-refractivity contribution in [3.8, 4) is 11.5 Å². The van der Waals surface area contributed by atoms with Crippen molar-refractivity contribution in [2.45, 2.75) is 45.6 Å². The van der Waals surface area contributed by atoms with E-state index in [-0.39, 0.29) is 59.7 Å². The van der Waals surface area contributed by atoms with Crippen LogP contribution in [-0.4, -0.2) is 56.7 Å². The second-order valence-electron chi connectivity index (χ2n) is 9.99. The Morgan fingerprint density at radius 2 is 1.91 bits per heavy atom. The molecule has 1 amide bonds. The molecule has 0 radical (unpaired) electrons. The van der Waals surface area contributed by atoms with Gasteiger partial charge < -0.3 is 25.4 Å². The lowest BCUT2D eigenvalue weighted by Gasteiger charge is -2.46. The second-order valence-corrected chi connectivity index (χ2v) is 9.99. The quantitative estimate of drug-likeness (QED) is 0.369. The van der Waals surface area contributed by atoms with Gasteiger partial charge in [-0.15, -0.1) is 24.8 Å². The molecule has 35 heavy (non-hydrogen) atoms. The summed E-state index contributed by atoms with van der Waals surface area (Å²) in [5, 5.41) is 22.8. The highest BCUT2D eigenvalue weighted by Crippen LogP contribution is 2.40. The van der Waals surface area contributed by atoms with E-state index in [1.807, 2.05) is 12.1 Å². The van der Waals surface area contributed by atoms with Crippen LogP contribution in [0.1, 0.15) is 50.3 Å². The zero-order chi connectivity index (χ0) is 23.8. The Labute approximate surface area is 219 Å². The third-order valence-electron chi connectivity index (χ3n) is 7.33. The number of phenolic OH excluding ortho intramolecular Hbond substituents is 2. The fraction of sp³-hybridized carbons (Fsp3) is 0.462. The summed E-state index contributed by atoms with van der Waals surface area (Å²) in [6.45, 7) is 11.4. The monoisotopic (exact) mass is 522 g/mol. The number of phenols is 2. The number of nitrogens with zero attached hydrogens (tertiary/aromatic N) is 2. The summed E-state index contributed by atoms with van der Waals surface area (Å²) < 4.78 is 0. The molecule has 1 aliphatic heterocycles. The van der Waals surface area contributed by atoms with Crippen molar-refractivity contribution in [2.75, 3.05) is 19.6 Å². The predicted molar refractivity (Wildman–Crippen MR) is 144 cm³/mol. The molecular weight excluding hydrogens is 487 g/mol. The van der Waals surface area contributed by atoms with Gasteiger partial charge in [0.05, 0.1) is 11.0 Å². The second kappa shape index (κ2) is 11.5. The van der Waals surface area contributed by atoms with E-state index in [2.05, 4.69) is 53.9 Å². The fourth-order valence-corrected chi connectivity index (χ4v) is 4.82. The zero-order valence-electron chi connectivity index (χ0n) is 20.6. The number of piperidine rings is 1. The number of aromatic nitrogens is 2. The highest BCUT2D eigenvalue weighted by molar-refractivity contribution is 5.94. The number of aromatic amines is 1. The maximum Gasteiger partial charge on any atom is 0.287 e. The van der Waals surface area contributed by atoms with E-state index in [9.17, 15) is 15.0 Å². The number of amides is 1. The molecular formula is C26H36Cl2N4O3. The number of hydrogen-bond acceptors (Lipinski definition) is 5. The summed E-state index contributed by atoms with van der Waals surface area (Å²) in [5.74, 6) is 1.13. The van der Waals surface area contributed by atoms with E-state index < -0.39 is 0 Å². The Bertz CT molecular complexity index is 1150. The van der Waals surface area contributed by atoms with E-state index in [1.165, 1.54) is 5.56 Å². The van der Waals surface area contributed by atoms with Crippen molar-refractivity contribution in [3.63, 3.8) is 0 Å². The number of rotatable bonds is 6. The lowest BCUT2D eigenvalue weighted by Crippen LogP contribution is -2.53. The molecule has 4 N–H and O–H groups in total. The van der Waals surface area contributed by atoms with Crippen LogP contribution in [0.5, 0.6) is 11.5 Å². The number of imidazole rings is 1. The largest absolute Gasteiger partial charge is 0.508 e. The number of carbonyl (C=O) groups excluding carboxylic acids is 1. The lowest BCUT2D eigenvalue weighted by atomic mass is 9.68. The zero-order valence-corrected chi connectivity index (χ0v) is 22.2. The number of nitrogens with one attached hydrogen (secondary N) is 2. The van der Waals surface area contributed by atoms with Gasteiger partial charge in [-0.1, -0.05) is 39.8 Å². The number of H-pyrrole nitrogens is 1. The average Bonchev–Trinajstić information content (AvgIpc) is 3.19. The number of hydrogen-bond donors (Lipinski definition) is 4. The Kier molecular flexibility index (Phi) is 9.45. The van der Waals surface area contributed by atoms with Gasteiger partial charge in [0.15, 0.2) is 5.82 Å². The molecule has 0 aliphatic carbocycles. The topological polar surface area (TPSA) is 101 Å². The van der Waals surface area contributed by atoms with Crippen LogP contribution in [0.15, 0.2) is 42.5 Å². The van der Waals surface area contributed by atoms with E-state index in [1.54, 1.807) is 24.3 Å². The molecule has 3 atom stereocenters. The van der Waals surface area contributed by atoms with Gasteiger partial charge in [-0.25, -0.2) is 4.98 Å². The van der Waals surface area contributed by atoms with Crippen LogP contribution in [0, 0.1) is 11.8 Å². The van der Waals surface area contributed by atoms with Crippen molar-refractivity contribution in [2.24, 2.45) is 11.8 Å². The van der Waals surface area contributed by atoms with Crippen LogP contribution in [0.4, 0.5) is 0 Å². The van der Waals surface area contributed by atoms with E-state index >= 15 is 0 Å². The molecule has 9 heteroatoms. The third kappa shape index (κ3) is 6.21. The normalized spacial score (nSPS) is 21.2. The van der Waals surface area contributed by atoms with E-state index in [0.717, 1.165) is 26.1 Å². The summed E-state index contributed by atoms with van der Waals surface area (Å²) in [4.78, 5) is 22.7. The molecule has 0 unspecified atom stereocenters. The minimum Gasteiger partial charge on any atom is -0.508 e. The van der Waals surface area contributed by atoms with Crippen molar-refractivity contribution in [3.05, 3.63) is 53.9 Å². The smallest absolute Gasteiger partial charge is 0.287 e. The van der Waals surface area contributed by atoms with Gasteiger partial charge >= 0.3 is 0 Å². The molecule has 7 nitrogen and oxygen atoms in total. The Morgan fingerprint density at radius 1 is 1.20 bits per heavy atom. The Morgan fingerprint density at radius 3 is 2.57 bits per heavy atom. The number of benzene rings is 2. The highest BCUT2D eigenvalue weighted by Gasteiger charge is 2.38. The first kappa shape index (κ1) is 28.8. The molecule has 3 aromatic rings. The van der Waals surface area contributed by atoms with Crippen LogP contribution >= 0.6 is 24.8 Å². The third-order valence-corrected chi connectivity index (χ3v) is 7.33. The molecule has 4 rings (SSSR count). The van der Waals surface area contributed by atoms with Crippen molar-refractivity contribution >= 4 is 41.8 Å². The fourth-order valence-electron chi connectivity index (χ4n) is 4.82. The van der Waals surface area contributed by atoms with Gasteiger partial charge in [0, 0.05) is 25.2 Å². The van der Waals surface area contributed by atoms with Gasteiger partial charge in [-0.2, -0.15) is 0 Å². The SMILES string of the molecule is CC(C)[C@@H](CN1CC[C@@](C)(c2cccc(O)c2)[C@@H](C)C1)NC(=O)c1nc2ccc(O)cc2[nH]1.Cl.Cl. The highest BCUT2D eigenvalue weighted by atomic mass is 35.5. The van der Waals surface area contributed by atoms with Gasteiger partial charge in [0.1, 0.15) is 11.5 Å². The molecule has 2 aromatic carbocycles. The number of likely N-dealkylation sites (tertiary alicyclic amines) is 1. The molecule has 0 bridgehead atoms. The minimum atomic E-state index is -0.237. The summed E-state index contributed by atoms with van der Waals surface area (Å²) in [7, 11) is 0. The summed E-state index contributed by atoms with van der Waals surface area (Å²) >= 11 is 0. The number of fused-ring (bicyclic) bond motifs is 1. The predicted octanol–water partition coefficient (Wildman–Crippen LogP) is 4.87. The van der Waals surface area contributed by atoms with Crippen LogP contribution in [0.25, 0.3) is 11.0 Å². The Balaban J connectivity index is 0.00000216. The first-order chi connectivity index (χ1) is 15.7. The van der Waals surface area contributed by atoms with Crippen LogP contribution in [0.3, 0.4) is 0 Å². The van der Waals surface area contributed by atoms with Gasteiger partial charge in [0.2, 0.25) is 0 Å². The lowest BCUT2D eigenvalue weighted by molar-refractivity contribution is 0.0809. The average molecular weight is 524 g/mol. The molecule has 2 heterocycles. The number of carbonyl (C=O) groups is 1. The molecule has 192 valence electrons. The summed E-state index contributed by atoms with van der Waals surface area (Å²) in [6, 6.07) is 12.4. The van der Waals surface area contributed by atoms with Crippen molar-refractivity contribution < 1.29 is 15.0 Å². The Hall–Kier alpha value is -2.48. The van der Waals surface area contributed by atoms with Crippen molar-refractivity contribution in [1.82, 2.24) is 20.2 Å². The minimum absolute atomic E-state index is 0. The van der Waals surface area contributed by atoms with E-state index in [4.69, 9.17) is 0 Å². The molecule has 1 saturated heterocycles. The maximum absolute atomic E-state index is 12.9.